The van der Waals surface area contributed by atoms with Gasteiger partial charge in [0.2, 0.25) is 0 Å². The second kappa shape index (κ2) is 9.99. The Balaban J connectivity index is 1.43. The molecule has 4 aromatic rings. The van der Waals surface area contributed by atoms with Gasteiger partial charge in [-0.15, -0.1) is 0 Å². The molecule has 0 aliphatic heterocycles. The van der Waals surface area contributed by atoms with Gasteiger partial charge in [-0.3, -0.25) is 0 Å². The van der Waals surface area contributed by atoms with Crippen LogP contribution in [0.2, 0.25) is 0 Å². The van der Waals surface area contributed by atoms with E-state index in [0.717, 1.165) is 47.1 Å². The molecule has 172 valence electrons. The highest BCUT2D eigenvalue weighted by Crippen LogP contribution is 2.27. The fourth-order valence-corrected chi connectivity index (χ4v) is 3.83. The molecule has 0 aliphatic carbocycles. The molecule has 0 aliphatic rings. The minimum atomic E-state index is 0.123. The third-order valence-electron chi connectivity index (χ3n) is 5.67. The molecular formula is C28H32N2O3. The summed E-state index contributed by atoms with van der Waals surface area (Å²) in [6, 6.07) is 24.3. The predicted octanol–water partition coefficient (Wildman–Crippen LogP) is 6.39. The third kappa shape index (κ3) is 5.48. The quantitative estimate of drug-likeness (QED) is 0.281. The van der Waals surface area contributed by atoms with Crippen molar-refractivity contribution in [2.45, 2.75) is 45.8 Å². The van der Waals surface area contributed by atoms with E-state index in [4.69, 9.17) is 19.2 Å². The Morgan fingerprint density at radius 1 is 0.818 bits per heavy atom. The molecule has 4 rings (SSSR count). The Hall–Kier alpha value is -3.47. The summed E-state index contributed by atoms with van der Waals surface area (Å²) in [5.74, 6) is 3.27. The summed E-state index contributed by atoms with van der Waals surface area (Å²) in [6.07, 6.45) is 0.839. The van der Waals surface area contributed by atoms with Gasteiger partial charge in [0.05, 0.1) is 24.8 Å². The Morgan fingerprint density at radius 2 is 1.52 bits per heavy atom. The number of imidazole rings is 1. The number of fused-ring (bicyclic) bond motifs is 1. The molecule has 0 amide bonds. The zero-order valence-corrected chi connectivity index (χ0v) is 19.9. The van der Waals surface area contributed by atoms with Crippen molar-refractivity contribution < 1.29 is 14.2 Å². The Morgan fingerprint density at radius 3 is 2.24 bits per heavy atom. The van der Waals surface area contributed by atoms with Gasteiger partial charge in [0.15, 0.2) is 11.5 Å². The van der Waals surface area contributed by atoms with E-state index in [-0.39, 0.29) is 5.41 Å². The number of aryl methyl sites for hydroxylation is 1. The highest BCUT2D eigenvalue weighted by Gasteiger charge is 2.14. The van der Waals surface area contributed by atoms with E-state index in [1.54, 1.807) is 7.11 Å². The molecule has 0 saturated heterocycles. The molecule has 0 saturated carbocycles. The van der Waals surface area contributed by atoms with Crippen LogP contribution in [-0.2, 0) is 18.6 Å². The number of hydrogen-bond donors (Lipinski definition) is 0. The molecule has 0 fully saturated rings. The first kappa shape index (κ1) is 22.7. The van der Waals surface area contributed by atoms with E-state index in [1.807, 2.05) is 54.6 Å². The second-order valence-corrected chi connectivity index (χ2v) is 9.08. The first-order chi connectivity index (χ1) is 16.0. The highest BCUT2D eigenvalue weighted by atomic mass is 16.5. The first-order valence-electron chi connectivity index (χ1n) is 11.4. The van der Waals surface area contributed by atoms with E-state index in [9.17, 15) is 0 Å². The van der Waals surface area contributed by atoms with Crippen molar-refractivity contribution in [1.82, 2.24) is 9.55 Å². The van der Waals surface area contributed by atoms with Crippen molar-refractivity contribution in [1.29, 1.82) is 0 Å². The molecule has 5 heteroatoms. The largest absolute Gasteiger partial charge is 0.493 e. The molecule has 3 aromatic carbocycles. The Bertz CT molecular complexity index is 1190. The molecule has 0 radical (unpaired) electrons. The van der Waals surface area contributed by atoms with Gasteiger partial charge in [0, 0.05) is 6.54 Å². The molecule has 0 atom stereocenters. The topological polar surface area (TPSA) is 45.5 Å². The SMILES string of the molecule is COc1ccccc1OCCCn1c(COc2ccc(C(C)(C)C)cc2)nc2ccccc21. The van der Waals surface area contributed by atoms with Gasteiger partial charge < -0.3 is 18.8 Å². The maximum atomic E-state index is 6.10. The Labute approximate surface area is 195 Å². The van der Waals surface area contributed by atoms with Crippen molar-refractivity contribution >= 4 is 11.0 Å². The first-order valence-corrected chi connectivity index (χ1v) is 11.4. The molecule has 33 heavy (non-hydrogen) atoms. The maximum Gasteiger partial charge on any atom is 0.161 e. The number of hydrogen-bond acceptors (Lipinski definition) is 4. The second-order valence-electron chi connectivity index (χ2n) is 9.08. The minimum Gasteiger partial charge on any atom is -0.493 e. The van der Waals surface area contributed by atoms with Crippen LogP contribution in [0.3, 0.4) is 0 Å². The van der Waals surface area contributed by atoms with E-state index < -0.39 is 0 Å². The average molecular weight is 445 g/mol. The number of ether oxygens (including phenoxy) is 3. The Kier molecular flexibility index (Phi) is 6.87. The van der Waals surface area contributed by atoms with E-state index in [2.05, 4.69) is 43.5 Å². The maximum absolute atomic E-state index is 6.10. The fourth-order valence-electron chi connectivity index (χ4n) is 3.83. The molecule has 5 nitrogen and oxygen atoms in total. The summed E-state index contributed by atoms with van der Waals surface area (Å²) in [5.41, 5.74) is 3.50. The van der Waals surface area contributed by atoms with E-state index in [0.29, 0.717) is 13.2 Å². The lowest BCUT2D eigenvalue weighted by atomic mass is 9.87. The van der Waals surface area contributed by atoms with Crippen LogP contribution in [0.1, 0.15) is 38.6 Å². The van der Waals surface area contributed by atoms with Crippen LogP contribution in [0, 0.1) is 0 Å². The molecular weight excluding hydrogens is 412 g/mol. The van der Waals surface area contributed by atoms with Crippen molar-refractivity contribution in [3.8, 4) is 17.2 Å². The van der Waals surface area contributed by atoms with Crippen LogP contribution < -0.4 is 14.2 Å². The zero-order chi connectivity index (χ0) is 23.3. The average Bonchev–Trinajstić information content (AvgIpc) is 3.18. The van der Waals surface area contributed by atoms with Gasteiger partial charge in [-0.05, 0) is 53.8 Å². The molecule has 0 bridgehead atoms. The van der Waals surface area contributed by atoms with Crippen LogP contribution >= 0.6 is 0 Å². The standard InChI is InChI=1S/C28H32N2O3/c1-28(2,3)21-14-16-22(17-15-21)33-20-27-29-23-10-5-6-11-24(23)30(27)18-9-19-32-26-13-8-7-12-25(26)31-4/h5-8,10-17H,9,18-20H2,1-4H3. The van der Waals surface area contributed by atoms with Gasteiger partial charge >= 0.3 is 0 Å². The van der Waals surface area contributed by atoms with Crippen LogP contribution in [0.15, 0.2) is 72.8 Å². The zero-order valence-electron chi connectivity index (χ0n) is 19.9. The predicted molar refractivity (Wildman–Crippen MR) is 132 cm³/mol. The van der Waals surface area contributed by atoms with Gasteiger partial charge in [0.25, 0.3) is 0 Å². The molecule has 0 spiro atoms. The summed E-state index contributed by atoms with van der Waals surface area (Å²) in [6.45, 7) is 8.42. The normalized spacial score (nSPS) is 11.5. The minimum absolute atomic E-state index is 0.123. The molecule has 0 N–H and O–H groups in total. The van der Waals surface area contributed by atoms with Crippen molar-refractivity contribution in [2.75, 3.05) is 13.7 Å². The van der Waals surface area contributed by atoms with Gasteiger partial charge in [0.1, 0.15) is 18.2 Å². The van der Waals surface area contributed by atoms with Crippen LogP contribution in [0.4, 0.5) is 0 Å². The number of para-hydroxylation sites is 4. The van der Waals surface area contributed by atoms with E-state index in [1.165, 1.54) is 5.56 Å². The molecule has 1 heterocycles. The summed E-state index contributed by atoms with van der Waals surface area (Å²) in [4.78, 5) is 4.83. The van der Waals surface area contributed by atoms with Gasteiger partial charge in [-0.25, -0.2) is 4.98 Å². The summed E-state index contributed by atoms with van der Waals surface area (Å²) in [5, 5.41) is 0. The fraction of sp³-hybridized carbons (Fsp3) is 0.321. The number of benzene rings is 3. The number of nitrogens with zero attached hydrogens (tertiary/aromatic N) is 2. The molecule has 0 unspecified atom stereocenters. The van der Waals surface area contributed by atoms with Crippen molar-refractivity contribution in [3.05, 3.63) is 84.2 Å². The third-order valence-corrected chi connectivity index (χ3v) is 5.67. The van der Waals surface area contributed by atoms with Crippen LogP contribution in [0.5, 0.6) is 17.2 Å². The summed E-state index contributed by atoms with van der Waals surface area (Å²) in [7, 11) is 1.66. The number of methoxy groups -OCH3 is 1. The number of rotatable bonds is 9. The monoisotopic (exact) mass is 444 g/mol. The van der Waals surface area contributed by atoms with Crippen LogP contribution in [-0.4, -0.2) is 23.3 Å². The van der Waals surface area contributed by atoms with Crippen molar-refractivity contribution in [2.24, 2.45) is 0 Å². The lowest BCUT2D eigenvalue weighted by molar-refractivity contribution is 0.273. The van der Waals surface area contributed by atoms with Gasteiger partial charge in [-0.2, -0.15) is 0 Å². The summed E-state index contributed by atoms with van der Waals surface area (Å²) < 4.78 is 19.7. The summed E-state index contributed by atoms with van der Waals surface area (Å²) >= 11 is 0. The molecule has 1 aromatic heterocycles. The van der Waals surface area contributed by atoms with E-state index >= 15 is 0 Å². The number of aromatic nitrogens is 2. The van der Waals surface area contributed by atoms with Crippen LogP contribution in [0.25, 0.3) is 11.0 Å². The van der Waals surface area contributed by atoms with Crippen molar-refractivity contribution in [3.63, 3.8) is 0 Å². The highest BCUT2D eigenvalue weighted by molar-refractivity contribution is 5.75. The smallest absolute Gasteiger partial charge is 0.161 e. The van der Waals surface area contributed by atoms with Gasteiger partial charge in [-0.1, -0.05) is 57.2 Å². The lowest BCUT2D eigenvalue weighted by Gasteiger charge is -2.19. The lowest BCUT2D eigenvalue weighted by Crippen LogP contribution is -2.11.